The summed E-state index contributed by atoms with van der Waals surface area (Å²) in [6.45, 7) is 6.70. The molecule has 2 heterocycles. The van der Waals surface area contributed by atoms with Crippen molar-refractivity contribution in [3.05, 3.63) is 42.0 Å². The normalized spacial score (nSPS) is 15.1. The number of carbonyl (C=O) groups excluding carboxylic acids is 1. The van der Waals surface area contributed by atoms with Crippen molar-refractivity contribution in [2.45, 2.75) is 24.7 Å². The third-order valence-corrected chi connectivity index (χ3v) is 5.90. The van der Waals surface area contributed by atoms with Crippen molar-refractivity contribution in [1.29, 1.82) is 0 Å². The SMILES string of the molecule is CC(C)c1ccc(S(=O)(=O)Nc2ccc(N3CCN(C=O)CC3)nn2)cc1. The predicted octanol–water partition coefficient (Wildman–Crippen LogP) is 1.68. The summed E-state index contributed by atoms with van der Waals surface area (Å²) in [7, 11) is -3.72. The maximum Gasteiger partial charge on any atom is 0.263 e. The minimum Gasteiger partial charge on any atom is -0.352 e. The second-order valence-electron chi connectivity index (χ2n) is 6.73. The molecule has 27 heavy (non-hydrogen) atoms. The lowest BCUT2D eigenvalue weighted by Gasteiger charge is -2.32. The van der Waals surface area contributed by atoms with Gasteiger partial charge in [0.1, 0.15) is 0 Å². The first kappa shape index (κ1) is 19.1. The molecule has 144 valence electrons. The Morgan fingerprint density at radius 1 is 1.00 bits per heavy atom. The molecule has 0 bridgehead atoms. The topological polar surface area (TPSA) is 95.5 Å². The molecule has 1 saturated heterocycles. The van der Waals surface area contributed by atoms with Gasteiger partial charge in [-0.25, -0.2) is 8.42 Å². The molecule has 1 fully saturated rings. The number of hydrogen-bond donors (Lipinski definition) is 1. The number of hydrogen-bond acceptors (Lipinski definition) is 6. The Morgan fingerprint density at radius 3 is 2.19 bits per heavy atom. The van der Waals surface area contributed by atoms with Gasteiger partial charge >= 0.3 is 0 Å². The van der Waals surface area contributed by atoms with E-state index in [1.807, 2.05) is 17.0 Å². The van der Waals surface area contributed by atoms with Crippen LogP contribution in [-0.4, -0.2) is 56.1 Å². The van der Waals surface area contributed by atoms with Gasteiger partial charge in [-0.3, -0.25) is 9.52 Å². The largest absolute Gasteiger partial charge is 0.352 e. The number of anilines is 2. The van der Waals surface area contributed by atoms with Crippen LogP contribution in [0.25, 0.3) is 0 Å². The highest BCUT2D eigenvalue weighted by Crippen LogP contribution is 2.20. The standard InChI is InChI=1S/C18H23N5O3S/c1-14(2)15-3-5-16(6-4-15)27(25,26)21-17-7-8-18(20-19-17)23-11-9-22(13-24)10-12-23/h3-8,13-14H,9-12H2,1-2H3,(H,19,21). The molecule has 0 aliphatic carbocycles. The van der Waals surface area contributed by atoms with Gasteiger partial charge in [0.05, 0.1) is 4.90 Å². The van der Waals surface area contributed by atoms with Crippen molar-refractivity contribution in [3.63, 3.8) is 0 Å². The van der Waals surface area contributed by atoms with Gasteiger partial charge in [0.15, 0.2) is 11.6 Å². The Morgan fingerprint density at radius 2 is 1.67 bits per heavy atom. The fourth-order valence-electron chi connectivity index (χ4n) is 2.83. The van der Waals surface area contributed by atoms with Crippen LogP contribution in [-0.2, 0) is 14.8 Å². The second-order valence-corrected chi connectivity index (χ2v) is 8.42. The molecule has 9 heteroatoms. The molecule has 1 aliphatic rings. The highest BCUT2D eigenvalue weighted by Gasteiger charge is 2.18. The molecular weight excluding hydrogens is 366 g/mol. The van der Waals surface area contributed by atoms with Crippen molar-refractivity contribution >= 4 is 28.1 Å². The Bertz CT molecular complexity index is 874. The third-order valence-electron chi connectivity index (χ3n) is 4.53. The van der Waals surface area contributed by atoms with E-state index >= 15 is 0 Å². The Labute approximate surface area is 159 Å². The summed E-state index contributed by atoms with van der Waals surface area (Å²) in [5.74, 6) is 1.16. The highest BCUT2D eigenvalue weighted by molar-refractivity contribution is 7.92. The van der Waals surface area contributed by atoms with E-state index in [1.165, 1.54) is 0 Å². The average Bonchev–Trinajstić information content (AvgIpc) is 2.68. The van der Waals surface area contributed by atoms with E-state index in [4.69, 9.17) is 0 Å². The fourth-order valence-corrected chi connectivity index (χ4v) is 3.83. The van der Waals surface area contributed by atoms with Gasteiger partial charge in [0.25, 0.3) is 10.0 Å². The second kappa shape index (κ2) is 7.91. The highest BCUT2D eigenvalue weighted by atomic mass is 32.2. The number of nitrogens with one attached hydrogen (secondary N) is 1. The molecule has 0 radical (unpaired) electrons. The van der Waals surface area contributed by atoms with Gasteiger partial charge < -0.3 is 9.80 Å². The van der Waals surface area contributed by atoms with Gasteiger partial charge in [-0.05, 0) is 35.7 Å². The molecule has 1 aliphatic heterocycles. The van der Waals surface area contributed by atoms with Crippen LogP contribution >= 0.6 is 0 Å². The molecule has 0 spiro atoms. The quantitative estimate of drug-likeness (QED) is 0.755. The molecular formula is C18H23N5O3S. The summed E-state index contributed by atoms with van der Waals surface area (Å²) in [6, 6.07) is 10.1. The van der Waals surface area contributed by atoms with Gasteiger partial charge in [-0.15, -0.1) is 10.2 Å². The number of aromatic nitrogens is 2. The first-order chi connectivity index (χ1) is 12.9. The summed E-state index contributed by atoms with van der Waals surface area (Å²) in [4.78, 5) is 14.7. The number of carbonyl (C=O) groups is 1. The zero-order valence-electron chi connectivity index (χ0n) is 15.4. The molecule has 8 nitrogen and oxygen atoms in total. The smallest absolute Gasteiger partial charge is 0.263 e. The Kier molecular flexibility index (Phi) is 5.59. The third kappa shape index (κ3) is 4.54. The number of nitrogens with zero attached hydrogens (tertiary/aromatic N) is 4. The van der Waals surface area contributed by atoms with E-state index in [9.17, 15) is 13.2 Å². The first-order valence-corrected chi connectivity index (χ1v) is 10.3. The van der Waals surface area contributed by atoms with E-state index < -0.39 is 10.0 Å². The van der Waals surface area contributed by atoms with Crippen LogP contribution in [0.3, 0.4) is 0 Å². The van der Waals surface area contributed by atoms with Gasteiger partial charge in [0.2, 0.25) is 6.41 Å². The Hall–Kier alpha value is -2.68. The van der Waals surface area contributed by atoms with Crippen LogP contribution in [0.15, 0.2) is 41.3 Å². The maximum atomic E-state index is 12.5. The number of benzene rings is 1. The van der Waals surface area contributed by atoms with Crippen molar-refractivity contribution in [1.82, 2.24) is 15.1 Å². The number of piperazine rings is 1. The zero-order valence-corrected chi connectivity index (χ0v) is 16.2. The average molecular weight is 389 g/mol. The number of sulfonamides is 1. The lowest BCUT2D eigenvalue weighted by Crippen LogP contribution is -2.46. The summed E-state index contributed by atoms with van der Waals surface area (Å²) in [6.07, 6.45) is 0.842. The summed E-state index contributed by atoms with van der Waals surface area (Å²) >= 11 is 0. The van der Waals surface area contributed by atoms with E-state index in [2.05, 4.69) is 28.8 Å². The predicted molar refractivity (Wildman–Crippen MR) is 103 cm³/mol. The van der Waals surface area contributed by atoms with Gasteiger partial charge in [-0.1, -0.05) is 26.0 Å². The first-order valence-electron chi connectivity index (χ1n) is 8.80. The van der Waals surface area contributed by atoms with Crippen LogP contribution in [0.4, 0.5) is 11.6 Å². The van der Waals surface area contributed by atoms with Gasteiger partial charge in [0, 0.05) is 26.2 Å². The van der Waals surface area contributed by atoms with Crippen molar-refractivity contribution < 1.29 is 13.2 Å². The van der Waals surface area contributed by atoms with Gasteiger partial charge in [-0.2, -0.15) is 0 Å². The van der Waals surface area contributed by atoms with E-state index in [-0.39, 0.29) is 10.7 Å². The molecule has 2 aromatic rings. The van der Waals surface area contributed by atoms with Crippen LogP contribution in [0.2, 0.25) is 0 Å². The van der Waals surface area contributed by atoms with Crippen molar-refractivity contribution in [2.75, 3.05) is 35.8 Å². The molecule has 3 rings (SSSR count). The fraction of sp³-hybridized carbons (Fsp3) is 0.389. The molecule has 1 amide bonds. The molecule has 1 N–H and O–H groups in total. The molecule has 0 unspecified atom stereocenters. The van der Waals surface area contributed by atoms with Crippen LogP contribution in [0, 0.1) is 0 Å². The lowest BCUT2D eigenvalue weighted by atomic mass is 10.0. The van der Waals surface area contributed by atoms with Crippen molar-refractivity contribution in [3.8, 4) is 0 Å². The molecule has 0 atom stereocenters. The maximum absolute atomic E-state index is 12.5. The summed E-state index contributed by atoms with van der Waals surface area (Å²) in [5, 5.41) is 8.09. The minimum absolute atomic E-state index is 0.165. The molecule has 1 aromatic carbocycles. The van der Waals surface area contributed by atoms with Crippen LogP contribution < -0.4 is 9.62 Å². The van der Waals surface area contributed by atoms with E-state index in [1.54, 1.807) is 29.2 Å². The van der Waals surface area contributed by atoms with E-state index in [0.29, 0.717) is 37.9 Å². The van der Waals surface area contributed by atoms with E-state index in [0.717, 1.165) is 12.0 Å². The zero-order chi connectivity index (χ0) is 19.4. The van der Waals surface area contributed by atoms with Crippen molar-refractivity contribution in [2.24, 2.45) is 0 Å². The summed E-state index contributed by atoms with van der Waals surface area (Å²) < 4.78 is 27.5. The minimum atomic E-state index is -3.72. The number of rotatable bonds is 6. The van der Waals surface area contributed by atoms with Crippen LogP contribution in [0.5, 0.6) is 0 Å². The lowest BCUT2D eigenvalue weighted by molar-refractivity contribution is -0.118. The molecule has 1 aromatic heterocycles. The number of amides is 1. The van der Waals surface area contributed by atoms with Crippen LogP contribution in [0.1, 0.15) is 25.3 Å². The Balaban J connectivity index is 1.67. The monoisotopic (exact) mass is 389 g/mol. The summed E-state index contributed by atoms with van der Waals surface area (Å²) in [5.41, 5.74) is 1.08. The molecule has 0 saturated carbocycles.